The number of carbonyl (C=O) groups excluding carboxylic acids is 2. The third-order valence-electron chi connectivity index (χ3n) is 6.21. The molecule has 1 saturated heterocycles. The fourth-order valence-corrected chi connectivity index (χ4v) is 4.34. The minimum Gasteiger partial charge on any atom is -0.507 e. The first-order chi connectivity index (χ1) is 16.9. The lowest BCUT2D eigenvalue weighted by atomic mass is 9.99. The van der Waals surface area contributed by atoms with Gasteiger partial charge in [-0.25, -0.2) is 0 Å². The number of hydrogen-bond acceptors (Lipinski definition) is 7. The highest BCUT2D eigenvalue weighted by atomic mass is 16.6. The Hall–Kier alpha value is -3.46. The van der Waals surface area contributed by atoms with Crippen LogP contribution in [0.5, 0.6) is 0 Å². The molecule has 1 aromatic carbocycles. The van der Waals surface area contributed by atoms with Crippen LogP contribution >= 0.6 is 0 Å². The fraction of sp³-hybridized carbons (Fsp3) is 0.462. The third-order valence-corrected chi connectivity index (χ3v) is 6.21. The largest absolute Gasteiger partial charge is 0.507 e. The van der Waals surface area contributed by atoms with Gasteiger partial charge >= 0.3 is 0 Å². The zero-order valence-electron chi connectivity index (χ0n) is 20.3. The van der Waals surface area contributed by atoms with Crippen LogP contribution in [-0.2, 0) is 9.59 Å². The Kier molecular flexibility index (Phi) is 9.19. The maximum atomic E-state index is 13.0. The summed E-state index contributed by atoms with van der Waals surface area (Å²) in [5.74, 6) is -1.65. The van der Waals surface area contributed by atoms with Crippen LogP contribution in [0.3, 0.4) is 0 Å². The predicted octanol–water partition coefficient (Wildman–Crippen LogP) is 4.90. The van der Waals surface area contributed by atoms with Crippen molar-refractivity contribution in [2.24, 2.45) is 0 Å². The zero-order valence-corrected chi connectivity index (χ0v) is 20.3. The number of ketones is 1. The maximum absolute atomic E-state index is 13.0. The minimum absolute atomic E-state index is 0.0964. The van der Waals surface area contributed by atoms with Crippen LogP contribution < -0.4 is 0 Å². The molecule has 1 fully saturated rings. The van der Waals surface area contributed by atoms with Crippen LogP contribution in [0.1, 0.15) is 63.3 Å². The number of nitrogens with zero attached hydrogens (tertiary/aromatic N) is 3. The molecule has 1 aliphatic rings. The molecular formula is C26H33N3O6. The third kappa shape index (κ3) is 6.16. The van der Waals surface area contributed by atoms with Crippen molar-refractivity contribution < 1.29 is 24.0 Å². The van der Waals surface area contributed by atoms with Gasteiger partial charge < -0.3 is 19.3 Å². The normalized spacial score (nSPS) is 17.5. The van der Waals surface area contributed by atoms with Crippen LogP contribution in [0, 0.1) is 10.1 Å². The first-order valence-electron chi connectivity index (χ1n) is 12.2. The number of aliphatic hydroxyl groups excluding tert-OH is 1. The molecule has 1 atom stereocenters. The van der Waals surface area contributed by atoms with E-state index in [9.17, 15) is 24.8 Å². The van der Waals surface area contributed by atoms with Crippen molar-refractivity contribution in [3.05, 3.63) is 69.7 Å². The number of unbranched alkanes of at least 4 members (excludes halogenated alkanes) is 2. The maximum Gasteiger partial charge on any atom is 0.295 e. The van der Waals surface area contributed by atoms with Crippen LogP contribution in [-0.4, -0.2) is 57.7 Å². The van der Waals surface area contributed by atoms with Gasteiger partial charge in [-0.15, -0.1) is 0 Å². The fourth-order valence-electron chi connectivity index (χ4n) is 4.34. The number of rotatable bonds is 13. The minimum atomic E-state index is -0.899. The van der Waals surface area contributed by atoms with Crippen molar-refractivity contribution in [2.45, 2.75) is 52.0 Å². The van der Waals surface area contributed by atoms with Gasteiger partial charge in [0.25, 0.3) is 17.4 Å². The molecule has 1 unspecified atom stereocenters. The summed E-state index contributed by atoms with van der Waals surface area (Å²) >= 11 is 0. The first kappa shape index (κ1) is 26.2. The Bertz CT molecular complexity index is 1050. The van der Waals surface area contributed by atoms with E-state index < -0.39 is 28.4 Å². The number of amides is 1. The summed E-state index contributed by atoms with van der Waals surface area (Å²) in [5, 5.41) is 22.2. The molecular weight excluding hydrogens is 450 g/mol. The Morgan fingerprint density at radius 3 is 2.37 bits per heavy atom. The topological polar surface area (TPSA) is 117 Å². The highest BCUT2D eigenvalue weighted by molar-refractivity contribution is 6.46. The number of benzene rings is 1. The molecule has 0 spiro atoms. The number of nitro groups is 1. The lowest BCUT2D eigenvalue weighted by molar-refractivity contribution is -0.384. The van der Waals surface area contributed by atoms with E-state index in [1.807, 2.05) is 0 Å². The van der Waals surface area contributed by atoms with Gasteiger partial charge in [0.1, 0.15) is 17.6 Å². The number of nitro benzene ring substituents is 1. The Morgan fingerprint density at radius 1 is 1.09 bits per heavy atom. The monoisotopic (exact) mass is 483 g/mol. The summed E-state index contributed by atoms with van der Waals surface area (Å²) in [6, 6.07) is 7.77. The van der Waals surface area contributed by atoms with Crippen molar-refractivity contribution in [2.75, 3.05) is 26.2 Å². The van der Waals surface area contributed by atoms with E-state index in [0.717, 1.165) is 45.3 Å². The molecule has 9 heteroatoms. The van der Waals surface area contributed by atoms with E-state index >= 15 is 0 Å². The number of furan rings is 1. The number of likely N-dealkylation sites (tertiary alicyclic amines) is 1. The molecule has 0 aliphatic carbocycles. The van der Waals surface area contributed by atoms with E-state index in [2.05, 4.69) is 18.7 Å². The smallest absolute Gasteiger partial charge is 0.295 e. The summed E-state index contributed by atoms with van der Waals surface area (Å²) in [6.07, 6.45) is 6.52. The lowest BCUT2D eigenvalue weighted by Crippen LogP contribution is -2.34. The molecule has 9 nitrogen and oxygen atoms in total. The number of Topliss-reactive ketones (excluding diaryl/α,β-unsaturated/α-hetero) is 1. The molecule has 1 aliphatic heterocycles. The molecule has 1 amide bonds. The number of aliphatic hydroxyl groups is 1. The van der Waals surface area contributed by atoms with Crippen LogP contribution in [0.15, 0.2) is 52.7 Å². The molecule has 0 radical (unpaired) electrons. The lowest BCUT2D eigenvalue weighted by Gasteiger charge is -2.26. The second-order valence-corrected chi connectivity index (χ2v) is 8.72. The second-order valence-electron chi connectivity index (χ2n) is 8.72. The molecule has 35 heavy (non-hydrogen) atoms. The highest BCUT2D eigenvalue weighted by Gasteiger charge is 2.47. The Balaban J connectivity index is 1.88. The SMILES string of the molecule is CCCCN(CCCC)CCCN1C(=O)C(=O)/C(=C(\O)c2cccc([N+](=O)[O-])c2)C1c1ccco1. The van der Waals surface area contributed by atoms with E-state index in [4.69, 9.17) is 4.42 Å². The average Bonchev–Trinajstić information content (AvgIpc) is 3.47. The summed E-state index contributed by atoms with van der Waals surface area (Å²) in [5.41, 5.74) is -0.254. The van der Waals surface area contributed by atoms with Crippen LogP contribution in [0.4, 0.5) is 5.69 Å². The van der Waals surface area contributed by atoms with Gasteiger partial charge in [0.15, 0.2) is 0 Å². The van der Waals surface area contributed by atoms with E-state index in [1.54, 1.807) is 12.1 Å². The summed E-state index contributed by atoms with van der Waals surface area (Å²) in [4.78, 5) is 40.5. The molecule has 0 bridgehead atoms. The predicted molar refractivity (Wildman–Crippen MR) is 132 cm³/mol. The van der Waals surface area contributed by atoms with Gasteiger partial charge in [0, 0.05) is 24.2 Å². The Morgan fingerprint density at radius 2 is 1.77 bits per heavy atom. The number of hydrogen-bond donors (Lipinski definition) is 1. The van der Waals surface area contributed by atoms with E-state index in [0.29, 0.717) is 18.7 Å². The highest BCUT2D eigenvalue weighted by Crippen LogP contribution is 2.39. The van der Waals surface area contributed by atoms with Crippen molar-refractivity contribution in [1.82, 2.24) is 9.80 Å². The van der Waals surface area contributed by atoms with Crippen LogP contribution in [0.25, 0.3) is 5.76 Å². The molecule has 2 aromatic rings. The van der Waals surface area contributed by atoms with E-state index in [-0.39, 0.29) is 16.8 Å². The van der Waals surface area contributed by atoms with Crippen LogP contribution in [0.2, 0.25) is 0 Å². The molecule has 1 N–H and O–H groups in total. The second kappa shape index (κ2) is 12.3. The van der Waals surface area contributed by atoms with Gasteiger partial charge in [0.05, 0.1) is 16.8 Å². The summed E-state index contributed by atoms with van der Waals surface area (Å²) < 4.78 is 5.55. The van der Waals surface area contributed by atoms with Gasteiger partial charge in [0.2, 0.25) is 0 Å². The van der Waals surface area contributed by atoms with Gasteiger partial charge in [-0.1, -0.05) is 38.8 Å². The molecule has 3 rings (SSSR count). The van der Waals surface area contributed by atoms with Gasteiger partial charge in [-0.3, -0.25) is 19.7 Å². The summed E-state index contributed by atoms with van der Waals surface area (Å²) in [6.45, 7) is 7.40. The summed E-state index contributed by atoms with van der Waals surface area (Å²) in [7, 11) is 0. The molecule has 0 saturated carbocycles. The van der Waals surface area contributed by atoms with Crippen molar-refractivity contribution in [3.8, 4) is 0 Å². The van der Waals surface area contributed by atoms with E-state index in [1.165, 1.54) is 35.4 Å². The average molecular weight is 484 g/mol. The first-order valence-corrected chi connectivity index (χ1v) is 12.2. The van der Waals surface area contributed by atoms with Gasteiger partial charge in [-0.2, -0.15) is 0 Å². The van der Waals surface area contributed by atoms with Crippen molar-refractivity contribution in [1.29, 1.82) is 0 Å². The zero-order chi connectivity index (χ0) is 25.4. The van der Waals surface area contributed by atoms with Crippen molar-refractivity contribution >= 4 is 23.1 Å². The number of non-ortho nitro benzene ring substituents is 1. The molecule has 1 aromatic heterocycles. The van der Waals surface area contributed by atoms with Crippen molar-refractivity contribution in [3.63, 3.8) is 0 Å². The molecule has 188 valence electrons. The van der Waals surface area contributed by atoms with Gasteiger partial charge in [-0.05, 0) is 51.0 Å². The molecule has 2 heterocycles. The standard InChI is InChI=1S/C26H33N3O6/c1-3-5-13-27(14-6-4-2)15-9-16-28-23(21-12-8-17-35-21)22(25(31)26(28)32)24(30)19-10-7-11-20(18-19)29(33)34/h7-8,10-12,17-18,23,30H,3-6,9,13-16H2,1-2H3/b24-22-. The Labute approximate surface area is 205 Å². The quantitative estimate of drug-likeness (QED) is 0.142. The number of carbonyl (C=O) groups is 2.